The van der Waals surface area contributed by atoms with Crippen LogP contribution in [0.15, 0.2) is 48.5 Å². The number of carbonyl (C=O) groups excluding carboxylic acids is 1. The molecule has 0 spiro atoms. The number of aliphatic carboxylic acids is 1. The van der Waals surface area contributed by atoms with Gasteiger partial charge in [0.1, 0.15) is 11.5 Å². The van der Waals surface area contributed by atoms with E-state index in [2.05, 4.69) is 5.32 Å². The summed E-state index contributed by atoms with van der Waals surface area (Å²) < 4.78 is 10.7. The number of hydrogen-bond acceptors (Lipinski definition) is 4. The summed E-state index contributed by atoms with van der Waals surface area (Å²) in [7, 11) is 3.18. The zero-order valence-corrected chi connectivity index (χ0v) is 16.3. The Hall–Kier alpha value is -3.02. The van der Waals surface area contributed by atoms with E-state index in [1.807, 2.05) is 24.3 Å². The molecule has 3 rings (SSSR count). The lowest BCUT2D eigenvalue weighted by molar-refractivity contribution is -0.148. The Morgan fingerprint density at radius 2 is 1.86 bits per heavy atom. The molecule has 0 saturated heterocycles. The third kappa shape index (κ3) is 3.54. The number of carboxylic acid groups (broad SMARTS) is 1. The number of nitrogens with one attached hydrogen (secondary N) is 1. The molecule has 28 heavy (non-hydrogen) atoms. The minimum absolute atomic E-state index is 0.0239. The predicted octanol–water partition coefficient (Wildman–Crippen LogP) is 3.31. The lowest BCUT2D eigenvalue weighted by atomic mass is 9.87. The molecule has 3 atom stereocenters. The van der Waals surface area contributed by atoms with Crippen LogP contribution in [0.25, 0.3) is 0 Å². The average molecular weight is 383 g/mol. The first-order valence-electron chi connectivity index (χ1n) is 9.29. The van der Waals surface area contributed by atoms with Gasteiger partial charge in [0.25, 0.3) is 0 Å². The Labute approximate surface area is 164 Å². The van der Waals surface area contributed by atoms with Crippen molar-refractivity contribution in [3.8, 4) is 11.5 Å². The fourth-order valence-corrected chi connectivity index (χ4v) is 3.68. The van der Waals surface area contributed by atoms with Crippen LogP contribution in [-0.2, 0) is 15.1 Å². The van der Waals surface area contributed by atoms with Crippen molar-refractivity contribution in [1.82, 2.24) is 5.32 Å². The van der Waals surface area contributed by atoms with E-state index in [4.69, 9.17) is 9.47 Å². The van der Waals surface area contributed by atoms with Crippen molar-refractivity contribution < 1.29 is 24.2 Å². The van der Waals surface area contributed by atoms with Crippen molar-refractivity contribution in [3.05, 3.63) is 59.7 Å². The lowest BCUT2D eigenvalue weighted by Crippen LogP contribution is -2.52. The van der Waals surface area contributed by atoms with Gasteiger partial charge in [-0.1, -0.05) is 37.3 Å². The smallest absolute Gasteiger partial charge is 0.334 e. The van der Waals surface area contributed by atoms with Gasteiger partial charge in [0, 0.05) is 17.4 Å². The molecule has 0 bridgehead atoms. The van der Waals surface area contributed by atoms with Gasteiger partial charge in [-0.05, 0) is 36.6 Å². The zero-order chi connectivity index (χ0) is 20.3. The molecule has 0 radical (unpaired) electrons. The molecular formula is C22H25NO5. The summed E-state index contributed by atoms with van der Waals surface area (Å²) in [5.41, 5.74) is 0.0258. The lowest BCUT2D eigenvalue weighted by Gasteiger charge is -2.30. The first-order chi connectivity index (χ1) is 13.5. The van der Waals surface area contributed by atoms with E-state index < -0.39 is 11.5 Å². The molecular weight excluding hydrogens is 358 g/mol. The van der Waals surface area contributed by atoms with Gasteiger partial charge in [-0.3, -0.25) is 4.79 Å². The molecule has 1 amide bonds. The Morgan fingerprint density at radius 1 is 1.14 bits per heavy atom. The number of carboxylic acids is 1. The SMILES string of the molecule is CCC(NC(=O)C1CC1c1cc(OC)ccc1OC)(C(=O)O)c1ccccc1. The summed E-state index contributed by atoms with van der Waals surface area (Å²) >= 11 is 0. The summed E-state index contributed by atoms with van der Waals surface area (Å²) in [6.45, 7) is 1.76. The number of benzene rings is 2. The van der Waals surface area contributed by atoms with E-state index in [1.54, 1.807) is 45.4 Å². The van der Waals surface area contributed by atoms with Gasteiger partial charge in [0.05, 0.1) is 14.2 Å². The van der Waals surface area contributed by atoms with Crippen molar-refractivity contribution >= 4 is 11.9 Å². The van der Waals surface area contributed by atoms with Crippen LogP contribution in [0.1, 0.15) is 36.8 Å². The largest absolute Gasteiger partial charge is 0.497 e. The second kappa shape index (κ2) is 7.92. The second-order valence-corrected chi connectivity index (χ2v) is 6.98. The van der Waals surface area contributed by atoms with Crippen molar-refractivity contribution in [2.24, 2.45) is 5.92 Å². The van der Waals surface area contributed by atoms with E-state index in [1.165, 1.54) is 0 Å². The molecule has 1 saturated carbocycles. The summed E-state index contributed by atoms with van der Waals surface area (Å²) in [6.07, 6.45) is 0.890. The van der Waals surface area contributed by atoms with Crippen LogP contribution >= 0.6 is 0 Å². The summed E-state index contributed by atoms with van der Waals surface area (Å²) in [5, 5.41) is 12.7. The molecule has 0 heterocycles. The highest BCUT2D eigenvalue weighted by Gasteiger charge is 2.49. The van der Waals surface area contributed by atoms with Gasteiger partial charge in [-0.2, -0.15) is 0 Å². The molecule has 2 aromatic rings. The van der Waals surface area contributed by atoms with Gasteiger partial charge in [0.2, 0.25) is 5.91 Å². The standard InChI is InChI=1S/C22H25NO5/c1-4-22(21(25)26,14-8-6-5-7-9-14)23-20(24)18-13-16(18)17-12-15(27-2)10-11-19(17)28-3/h5-12,16,18H,4,13H2,1-3H3,(H,23,24)(H,25,26). The molecule has 148 valence electrons. The molecule has 0 aromatic heterocycles. The molecule has 6 heteroatoms. The average Bonchev–Trinajstić information content (AvgIpc) is 3.52. The normalized spacial score (nSPS) is 20.0. The van der Waals surface area contributed by atoms with E-state index in [0.717, 1.165) is 5.56 Å². The van der Waals surface area contributed by atoms with Crippen LogP contribution in [0, 0.1) is 5.92 Å². The number of hydrogen-bond donors (Lipinski definition) is 2. The Balaban J connectivity index is 1.83. The van der Waals surface area contributed by atoms with Crippen LogP contribution in [0.2, 0.25) is 0 Å². The molecule has 2 N–H and O–H groups in total. The molecule has 6 nitrogen and oxygen atoms in total. The minimum atomic E-state index is -1.44. The topological polar surface area (TPSA) is 84.9 Å². The van der Waals surface area contributed by atoms with Crippen LogP contribution < -0.4 is 14.8 Å². The third-order valence-corrected chi connectivity index (χ3v) is 5.46. The maximum atomic E-state index is 12.9. The Kier molecular flexibility index (Phi) is 5.58. The first-order valence-corrected chi connectivity index (χ1v) is 9.29. The summed E-state index contributed by atoms with van der Waals surface area (Å²) in [6, 6.07) is 14.3. The molecule has 2 aromatic carbocycles. The zero-order valence-electron chi connectivity index (χ0n) is 16.3. The highest BCUT2D eigenvalue weighted by Crippen LogP contribution is 2.51. The number of methoxy groups -OCH3 is 2. The number of carbonyl (C=O) groups is 2. The predicted molar refractivity (Wildman–Crippen MR) is 105 cm³/mol. The highest BCUT2D eigenvalue weighted by atomic mass is 16.5. The molecule has 1 aliphatic rings. The molecule has 1 fully saturated rings. The summed E-state index contributed by atoms with van der Waals surface area (Å²) in [5.74, 6) is -0.253. The van der Waals surface area contributed by atoms with Gasteiger partial charge in [0.15, 0.2) is 5.54 Å². The van der Waals surface area contributed by atoms with Gasteiger partial charge < -0.3 is 19.9 Å². The monoisotopic (exact) mass is 383 g/mol. The number of rotatable bonds is 8. The van der Waals surface area contributed by atoms with Gasteiger partial charge >= 0.3 is 5.97 Å². The molecule has 0 aliphatic heterocycles. The molecule has 1 aliphatic carbocycles. The van der Waals surface area contributed by atoms with E-state index in [9.17, 15) is 14.7 Å². The van der Waals surface area contributed by atoms with Gasteiger partial charge in [-0.25, -0.2) is 4.79 Å². The highest BCUT2D eigenvalue weighted by molar-refractivity contribution is 5.91. The minimum Gasteiger partial charge on any atom is -0.497 e. The van der Waals surface area contributed by atoms with Crippen LogP contribution in [-0.4, -0.2) is 31.2 Å². The Morgan fingerprint density at radius 3 is 2.43 bits per heavy atom. The summed E-state index contributed by atoms with van der Waals surface area (Å²) in [4.78, 5) is 25.1. The third-order valence-electron chi connectivity index (χ3n) is 5.46. The van der Waals surface area contributed by atoms with Gasteiger partial charge in [-0.15, -0.1) is 0 Å². The fourth-order valence-electron chi connectivity index (χ4n) is 3.68. The number of ether oxygens (including phenoxy) is 2. The van der Waals surface area contributed by atoms with Crippen LogP contribution in [0.5, 0.6) is 11.5 Å². The maximum absolute atomic E-state index is 12.9. The fraction of sp³-hybridized carbons (Fsp3) is 0.364. The van der Waals surface area contributed by atoms with Crippen LogP contribution in [0.4, 0.5) is 0 Å². The maximum Gasteiger partial charge on any atom is 0.334 e. The quantitative estimate of drug-likeness (QED) is 0.731. The second-order valence-electron chi connectivity index (χ2n) is 6.98. The van der Waals surface area contributed by atoms with E-state index >= 15 is 0 Å². The van der Waals surface area contributed by atoms with E-state index in [0.29, 0.717) is 23.5 Å². The van der Waals surface area contributed by atoms with Crippen molar-refractivity contribution in [1.29, 1.82) is 0 Å². The first kappa shape index (κ1) is 19.7. The number of amides is 1. The van der Waals surface area contributed by atoms with Crippen molar-refractivity contribution in [3.63, 3.8) is 0 Å². The molecule has 3 unspecified atom stereocenters. The van der Waals surface area contributed by atoms with E-state index in [-0.39, 0.29) is 24.2 Å². The Bertz CT molecular complexity index is 866. The van der Waals surface area contributed by atoms with Crippen molar-refractivity contribution in [2.75, 3.05) is 14.2 Å². The van der Waals surface area contributed by atoms with Crippen LogP contribution in [0.3, 0.4) is 0 Å². The van der Waals surface area contributed by atoms with Crippen molar-refractivity contribution in [2.45, 2.75) is 31.2 Å².